The lowest BCUT2D eigenvalue weighted by atomic mass is 10.5. The topological polar surface area (TPSA) is 49.6 Å². The highest BCUT2D eigenvalue weighted by Gasteiger charge is 2.03. The molecule has 0 fully saturated rings. The van der Waals surface area contributed by atoms with E-state index in [-0.39, 0.29) is 0 Å². The third kappa shape index (κ3) is 3.21. The van der Waals surface area contributed by atoms with Crippen molar-refractivity contribution in [3.63, 3.8) is 0 Å². The van der Waals surface area contributed by atoms with Crippen LogP contribution in [0.2, 0.25) is 0 Å². The average Bonchev–Trinajstić information content (AvgIpc) is 2.19. The molecule has 0 aliphatic rings. The highest BCUT2D eigenvalue weighted by molar-refractivity contribution is 7.99. The predicted octanol–water partition coefficient (Wildman–Crippen LogP) is 2.07. The first kappa shape index (κ1) is 10.3. The largest absolute Gasteiger partial charge is 0.245 e. The molecule has 1 aromatic rings. The van der Waals surface area contributed by atoms with Gasteiger partial charge in [-0.3, -0.25) is 0 Å². The van der Waals surface area contributed by atoms with Gasteiger partial charge in [0, 0.05) is 24.0 Å². The van der Waals surface area contributed by atoms with Gasteiger partial charge in [0.2, 0.25) is 0 Å². The van der Waals surface area contributed by atoms with E-state index in [1.807, 2.05) is 6.07 Å². The van der Waals surface area contributed by atoms with E-state index in [0.29, 0.717) is 16.6 Å². The van der Waals surface area contributed by atoms with E-state index in [2.05, 4.69) is 9.97 Å². The summed E-state index contributed by atoms with van der Waals surface area (Å²) in [5.74, 6) is 1.51. The minimum Gasteiger partial charge on any atom is -0.245 e. The first-order valence-electron chi connectivity index (χ1n) is 3.78. The van der Waals surface area contributed by atoms with Crippen molar-refractivity contribution in [1.82, 2.24) is 9.97 Å². The SMILES string of the molecule is N#Cc1nccnc1SCCCCl. The highest BCUT2D eigenvalue weighted by Crippen LogP contribution is 2.18. The molecule has 0 aromatic carbocycles. The van der Waals surface area contributed by atoms with Crippen LogP contribution in [0.1, 0.15) is 12.1 Å². The van der Waals surface area contributed by atoms with E-state index in [1.54, 1.807) is 6.20 Å². The molecular weight excluding hydrogens is 206 g/mol. The Hall–Kier alpha value is -0.790. The van der Waals surface area contributed by atoms with Crippen LogP contribution in [0.4, 0.5) is 0 Å². The molecule has 0 amide bonds. The van der Waals surface area contributed by atoms with E-state index in [0.717, 1.165) is 12.2 Å². The van der Waals surface area contributed by atoms with Gasteiger partial charge < -0.3 is 0 Å². The van der Waals surface area contributed by atoms with Crippen LogP contribution >= 0.6 is 23.4 Å². The average molecular weight is 214 g/mol. The van der Waals surface area contributed by atoms with E-state index in [9.17, 15) is 0 Å². The monoisotopic (exact) mass is 213 g/mol. The van der Waals surface area contributed by atoms with Crippen molar-refractivity contribution in [2.45, 2.75) is 11.4 Å². The number of alkyl halides is 1. The minimum absolute atomic E-state index is 0.391. The number of rotatable bonds is 4. The molecule has 13 heavy (non-hydrogen) atoms. The quantitative estimate of drug-likeness (QED) is 0.437. The Morgan fingerprint density at radius 3 is 2.92 bits per heavy atom. The van der Waals surface area contributed by atoms with Crippen molar-refractivity contribution < 1.29 is 0 Å². The number of hydrogen-bond donors (Lipinski definition) is 0. The molecule has 0 aliphatic carbocycles. The fourth-order valence-electron chi connectivity index (χ4n) is 0.731. The zero-order chi connectivity index (χ0) is 9.52. The normalized spacial score (nSPS) is 9.54. The second-order valence-electron chi connectivity index (χ2n) is 2.21. The summed E-state index contributed by atoms with van der Waals surface area (Å²) in [4.78, 5) is 7.95. The van der Waals surface area contributed by atoms with E-state index in [1.165, 1.54) is 18.0 Å². The van der Waals surface area contributed by atoms with E-state index >= 15 is 0 Å². The van der Waals surface area contributed by atoms with Crippen LogP contribution in [-0.4, -0.2) is 21.6 Å². The van der Waals surface area contributed by atoms with Gasteiger partial charge in [-0.25, -0.2) is 9.97 Å². The molecule has 1 heterocycles. The Morgan fingerprint density at radius 1 is 1.46 bits per heavy atom. The first-order chi connectivity index (χ1) is 6.38. The van der Waals surface area contributed by atoms with Crippen molar-refractivity contribution >= 4 is 23.4 Å². The Kier molecular flexibility index (Phi) is 4.58. The van der Waals surface area contributed by atoms with Crippen molar-refractivity contribution in [3.8, 4) is 6.07 Å². The molecule has 0 spiro atoms. The lowest BCUT2D eigenvalue weighted by molar-refractivity contribution is 1.02. The van der Waals surface area contributed by atoms with Gasteiger partial charge in [-0.15, -0.1) is 23.4 Å². The zero-order valence-corrected chi connectivity index (χ0v) is 8.48. The number of nitrogens with zero attached hydrogens (tertiary/aromatic N) is 3. The van der Waals surface area contributed by atoms with Gasteiger partial charge in [0.15, 0.2) is 5.69 Å². The molecule has 0 radical (unpaired) electrons. The molecule has 68 valence electrons. The van der Waals surface area contributed by atoms with Gasteiger partial charge in [-0.1, -0.05) is 0 Å². The molecule has 0 saturated carbocycles. The highest BCUT2D eigenvalue weighted by atomic mass is 35.5. The van der Waals surface area contributed by atoms with Crippen molar-refractivity contribution in [1.29, 1.82) is 5.26 Å². The maximum absolute atomic E-state index is 8.68. The molecule has 3 nitrogen and oxygen atoms in total. The first-order valence-corrected chi connectivity index (χ1v) is 5.30. The van der Waals surface area contributed by atoms with Crippen LogP contribution in [0, 0.1) is 11.3 Å². The van der Waals surface area contributed by atoms with Crippen LogP contribution in [0.25, 0.3) is 0 Å². The van der Waals surface area contributed by atoms with Crippen molar-refractivity contribution in [3.05, 3.63) is 18.1 Å². The summed E-state index contributed by atoms with van der Waals surface area (Å²) in [5.41, 5.74) is 0.391. The lowest BCUT2D eigenvalue weighted by Gasteiger charge is -1.99. The molecule has 1 rings (SSSR count). The fourth-order valence-corrected chi connectivity index (χ4v) is 1.88. The maximum Gasteiger partial charge on any atom is 0.172 e. The van der Waals surface area contributed by atoms with Crippen LogP contribution < -0.4 is 0 Å². The third-order valence-corrected chi connectivity index (χ3v) is 2.62. The Bertz CT molecular complexity index is 311. The summed E-state index contributed by atoms with van der Waals surface area (Å²) in [6, 6.07) is 2.00. The third-order valence-electron chi connectivity index (χ3n) is 1.29. The van der Waals surface area contributed by atoms with Gasteiger partial charge in [-0.2, -0.15) is 5.26 Å². The summed E-state index contributed by atoms with van der Waals surface area (Å²) >= 11 is 7.04. The van der Waals surface area contributed by atoms with Gasteiger partial charge in [0.05, 0.1) is 0 Å². The summed E-state index contributed by atoms with van der Waals surface area (Å²) in [6.07, 6.45) is 4.02. The zero-order valence-electron chi connectivity index (χ0n) is 6.90. The molecule has 0 N–H and O–H groups in total. The molecule has 0 saturated heterocycles. The number of thioether (sulfide) groups is 1. The van der Waals surface area contributed by atoms with Gasteiger partial charge in [0.1, 0.15) is 11.1 Å². The number of aromatic nitrogens is 2. The lowest BCUT2D eigenvalue weighted by Crippen LogP contribution is -1.91. The Morgan fingerprint density at radius 2 is 2.23 bits per heavy atom. The standard InChI is InChI=1S/C8H8ClN3S/c9-2-1-5-13-8-7(6-10)11-3-4-12-8/h3-4H,1-2,5H2. The van der Waals surface area contributed by atoms with Crippen molar-refractivity contribution in [2.75, 3.05) is 11.6 Å². The van der Waals surface area contributed by atoms with E-state index < -0.39 is 0 Å². The molecule has 1 aromatic heterocycles. The smallest absolute Gasteiger partial charge is 0.172 e. The number of halogens is 1. The van der Waals surface area contributed by atoms with Crippen molar-refractivity contribution in [2.24, 2.45) is 0 Å². The molecule has 5 heteroatoms. The summed E-state index contributed by atoms with van der Waals surface area (Å²) in [7, 11) is 0. The van der Waals surface area contributed by atoms with Crippen LogP contribution in [0.5, 0.6) is 0 Å². The summed E-state index contributed by atoms with van der Waals surface area (Å²) in [6.45, 7) is 0. The van der Waals surface area contributed by atoms with Gasteiger partial charge in [-0.05, 0) is 6.42 Å². The second kappa shape index (κ2) is 5.79. The molecule has 0 atom stereocenters. The van der Waals surface area contributed by atoms with Crippen LogP contribution in [0.3, 0.4) is 0 Å². The fraction of sp³-hybridized carbons (Fsp3) is 0.375. The molecule has 0 bridgehead atoms. The van der Waals surface area contributed by atoms with Gasteiger partial charge in [0.25, 0.3) is 0 Å². The summed E-state index contributed by atoms with van der Waals surface area (Å²) < 4.78 is 0. The molecule has 0 unspecified atom stereocenters. The van der Waals surface area contributed by atoms with Crippen LogP contribution in [-0.2, 0) is 0 Å². The van der Waals surface area contributed by atoms with Crippen LogP contribution in [0.15, 0.2) is 17.4 Å². The molecular formula is C8H8ClN3S. The summed E-state index contributed by atoms with van der Waals surface area (Å²) in [5, 5.41) is 9.37. The molecule has 0 aliphatic heterocycles. The Labute approximate surface area is 86.1 Å². The minimum atomic E-state index is 0.391. The Balaban J connectivity index is 2.60. The second-order valence-corrected chi connectivity index (χ2v) is 3.67. The predicted molar refractivity (Wildman–Crippen MR) is 52.8 cm³/mol. The number of hydrogen-bond acceptors (Lipinski definition) is 4. The number of nitriles is 1. The van der Waals surface area contributed by atoms with Gasteiger partial charge >= 0.3 is 0 Å². The van der Waals surface area contributed by atoms with E-state index in [4.69, 9.17) is 16.9 Å². The maximum atomic E-state index is 8.68.